The molecule has 0 amide bonds. The summed E-state index contributed by atoms with van der Waals surface area (Å²) < 4.78 is 5.40. The van der Waals surface area contributed by atoms with Crippen LogP contribution < -0.4 is 20.7 Å². The molecule has 1 aliphatic rings. The Kier molecular flexibility index (Phi) is 6.21. The van der Waals surface area contributed by atoms with E-state index >= 15 is 0 Å². The van der Waals surface area contributed by atoms with Gasteiger partial charge in [0.25, 0.3) is 0 Å². The van der Waals surface area contributed by atoms with Crippen molar-refractivity contribution in [3.05, 3.63) is 65.4 Å². The van der Waals surface area contributed by atoms with Gasteiger partial charge in [-0.3, -0.25) is 4.90 Å². The first-order chi connectivity index (χ1) is 14.6. The number of nitrogen functional groups attached to an aromatic ring is 1. The number of hydrogen-bond donors (Lipinski definition) is 2. The zero-order valence-electron chi connectivity index (χ0n) is 16.9. The quantitative estimate of drug-likeness (QED) is 0.623. The van der Waals surface area contributed by atoms with Crippen molar-refractivity contribution in [2.24, 2.45) is 0 Å². The molecule has 0 unspecified atom stereocenters. The van der Waals surface area contributed by atoms with E-state index in [1.807, 2.05) is 6.07 Å². The molecule has 4 rings (SSSR count). The Bertz CT molecular complexity index is 992. The van der Waals surface area contributed by atoms with Gasteiger partial charge in [0.05, 0.1) is 12.8 Å². The van der Waals surface area contributed by atoms with Gasteiger partial charge < -0.3 is 20.7 Å². The fourth-order valence-electron chi connectivity index (χ4n) is 3.60. The molecular weight excluding hydrogens is 400 g/mol. The van der Waals surface area contributed by atoms with Crippen LogP contribution in [0.1, 0.15) is 5.56 Å². The number of halogens is 1. The van der Waals surface area contributed by atoms with E-state index in [4.69, 9.17) is 22.1 Å². The van der Waals surface area contributed by atoms with Crippen LogP contribution in [0.15, 0.2) is 54.9 Å². The molecule has 1 saturated heterocycles. The number of benzene rings is 2. The lowest BCUT2D eigenvalue weighted by atomic mass is 10.2. The van der Waals surface area contributed by atoms with Gasteiger partial charge in [-0.25, -0.2) is 9.97 Å². The van der Waals surface area contributed by atoms with E-state index in [0.717, 1.165) is 38.5 Å². The Labute approximate surface area is 181 Å². The predicted octanol–water partition coefficient (Wildman–Crippen LogP) is 3.79. The van der Waals surface area contributed by atoms with Crippen LogP contribution in [0.5, 0.6) is 5.75 Å². The monoisotopic (exact) mass is 424 g/mol. The highest BCUT2D eigenvalue weighted by Crippen LogP contribution is 2.34. The van der Waals surface area contributed by atoms with Crippen LogP contribution in [0.4, 0.5) is 23.0 Å². The third-order valence-electron chi connectivity index (χ3n) is 5.20. The van der Waals surface area contributed by atoms with Crippen molar-refractivity contribution in [2.45, 2.75) is 6.54 Å². The van der Waals surface area contributed by atoms with Crippen LogP contribution in [0.2, 0.25) is 5.02 Å². The number of anilines is 4. The molecular formula is C22H25ClN6O. The molecule has 156 valence electrons. The fraction of sp³-hybridized carbons (Fsp3) is 0.273. The van der Waals surface area contributed by atoms with E-state index in [2.05, 4.69) is 49.4 Å². The van der Waals surface area contributed by atoms with Crippen LogP contribution in [0.3, 0.4) is 0 Å². The average Bonchev–Trinajstić information content (AvgIpc) is 2.77. The van der Waals surface area contributed by atoms with Crippen molar-refractivity contribution >= 4 is 34.6 Å². The Morgan fingerprint density at radius 2 is 1.83 bits per heavy atom. The van der Waals surface area contributed by atoms with E-state index in [9.17, 15) is 0 Å². The molecule has 0 bridgehead atoms. The van der Waals surface area contributed by atoms with Crippen LogP contribution in [0.25, 0.3) is 0 Å². The van der Waals surface area contributed by atoms with E-state index in [1.54, 1.807) is 25.3 Å². The summed E-state index contributed by atoms with van der Waals surface area (Å²) in [6.07, 6.45) is 1.53. The highest BCUT2D eigenvalue weighted by atomic mass is 35.5. The standard InChI is InChI=1S/C22H25ClN6O/c1-30-19-8-7-17(23)13-18(19)27-21-20(24)22(26-15-25-21)29-11-9-28(10-12-29)14-16-5-3-2-4-6-16/h2-8,13,15H,9-12,14,24H2,1H3,(H,25,26,27). The number of nitrogens with zero attached hydrogens (tertiary/aromatic N) is 4. The smallest absolute Gasteiger partial charge is 0.159 e. The molecule has 2 aromatic carbocycles. The van der Waals surface area contributed by atoms with E-state index in [-0.39, 0.29) is 0 Å². The first kappa shape index (κ1) is 20.3. The molecule has 0 spiro atoms. The van der Waals surface area contributed by atoms with Crippen molar-refractivity contribution in [1.29, 1.82) is 0 Å². The Balaban J connectivity index is 1.46. The first-order valence-electron chi connectivity index (χ1n) is 9.86. The minimum Gasteiger partial charge on any atom is -0.495 e. The van der Waals surface area contributed by atoms with Crippen molar-refractivity contribution in [1.82, 2.24) is 14.9 Å². The molecule has 0 atom stereocenters. The normalized spacial score (nSPS) is 14.5. The zero-order valence-corrected chi connectivity index (χ0v) is 17.6. The molecule has 1 aromatic heterocycles. The summed E-state index contributed by atoms with van der Waals surface area (Å²) in [5.41, 5.74) is 8.97. The summed E-state index contributed by atoms with van der Waals surface area (Å²) in [5, 5.41) is 3.83. The van der Waals surface area contributed by atoms with Gasteiger partial charge in [0.15, 0.2) is 11.6 Å². The molecule has 2 heterocycles. The van der Waals surface area contributed by atoms with Crippen LogP contribution in [0, 0.1) is 0 Å². The number of aromatic nitrogens is 2. The largest absolute Gasteiger partial charge is 0.495 e. The van der Waals surface area contributed by atoms with Gasteiger partial charge in [-0.15, -0.1) is 0 Å². The second-order valence-electron chi connectivity index (χ2n) is 7.18. The number of rotatable bonds is 6. The summed E-state index contributed by atoms with van der Waals surface area (Å²) in [4.78, 5) is 13.4. The third kappa shape index (κ3) is 4.58. The van der Waals surface area contributed by atoms with Crippen molar-refractivity contribution in [3.63, 3.8) is 0 Å². The molecule has 0 saturated carbocycles. The van der Waals surface area contributed by atoms with Crippen molar-refractivity contribution in [3.8, 4) is 5.75 Å². The van der Waals surface area contributed by atoms with Crippen LogP contribution >= 0.6 is 11.6 Å². The highest BCUT2D eigenvalue weighted by Gasteiger charge is 2.21. The van der Waals surface area contributed by atoms with Crippen molar-refractivity contribution < 1.29 is 4.74 Å². The Morgan fingerprint density at radius 1 is 1.07 bits per heavy atom. The number of ether oxygens (including phenoxy) is 1. The maximum absolute atomic E-state index is 6.43. The summed E-state index contributed by atoms with van der Waals surface area (Å²) in [6.45, 7) is 4.56. The molecule has 0 aliphatic carbocycles. The van der Waals surface area contributed by atoms with Gasteiger partial charge in [-0.1, -0.05) is 41.9 Å². The number of nitrogens with two attached hydrogens (primary N) is 1. The zero-order chi connectivity index (χ0) is 20.9. The molecule has 3 aromatic rings. The average molecular weight is 425 g/mol. The fourth-order valence-corrected chi connectivity index (χ4v) is 3.77. The van der Waals surface area contributed by atoms with Crippen molar-refractivity contribution in [2.75, 3.05) is 49.2 Å². The Hall–Kier alpha value is -3.03. The number of hydrogen-bond acceptors (Lipinski definition) is 7. The van der Waals surface area contributed by atoms with E-state index < -0.39 is 0 Å². The molecule has 1 fully saturated rings. The molecule has 8 heteroatoms. The van der Waals surface area contributed by atoms with Gasteiger partial charge in [0.2, 0.25) is 0 Å². The SMILES string of the molecule is COc1ccc(Cl)cc1Nc1ncnc(N2CCN(Cc3ccccc3)CC2)c1N. The van der Waals surface area contributed by atoms with Gasteiger partial charge in [0, 0.05) is 37.7 Å². The molecule has 7 nitrogen and oxygen atoms in total. The van der Waals surface area contributed by atoms with Gasteiger partial charge >= 0.3 is 0 Å². The maximum Gasteiger partial charge on any atom is 0.159 e. The minimum absolute atomic E-state index is 0.510. The van der Waals surface area contributed by atoms with Crippen LogP contribution in [-0.4, -0.2) is 48.2 Å². The first-order valence-corrected chi connectivity index (χ1v) is 10.2. The lowest BCUT2D eigenvalue weighted by Gasteiger charge is -2.36. The Morgan fingerprint density at radius 3 is 2.57 bits per heavy atom. The van der Waals surface area contributed by atoms with E-state index in [1.165, 1.54) is 11.9 Å². The summed E-state index contributed by atoms with van der Waals surface area (Å²) in [6, 6.07) is 15.9. The van der Waals surface area contributed by atoms with Gasteiger partial charge in [-0.05, 0) is 23.8 Å². The van der Waals surface area contributed by atoms with E-state index in [0.29, 0.717) is 28.0 Å². The summed E-state index contributed by atoms with van der Waals surface area (Å²) in [5.74, 6) is 1.94. The predicted molar refractivity (Wildman–Crippen MR) is 122 cm³/mol. The van der Waals surface area contributed by atoms with Gasteiger partial charge in [0.1, 0.15) is 17.8 Å². The summed E-state index contributed by atoms with van der Waals surface area (Å²) >= 11 is 6.13. The maximum atomic E-state index is 6.43. The minimum atomic E-state index is 0.510. The second-order valence-corrected chi connectivity index (χ2v) is 7.61. The molecule has 1 aliphatic heterocycles. The second kappa shape index (κ2) is 9.19. The number of piperazine rings is 1. The molecule has 3 N–H and O–H groups in total. The number of methoxy groups -OCH3 is 1. The lowest BCUT2D eigenvalue weighted by Crippen LogP contribution is -2.46. The van der Waals surface area contributed by atoms with Crippen LogP contribution in [-0.2, 0) is 6.54 Å². The third-order valence-corrected chi connectivity index (χ3v) is 5.43. The van der Waals surface area contributed by atoms with Gasteiger partial charge in [-0.2, -0.15) is 0 Å². The number of nitrogens with one attached hydrogen (secondary N) is 1. The lowest BCUT2D eigenvalue weighted by molar-refractivity contribution is 0.249. The molecule has 30 heavy (non-hydrogen) atoms. The summed E-state index contributed by atoms with van der Waals surface area (Å²) in [7, 11) is 1.61. The highest BCUT2D eigenvalue weighted by molar-refractivity contribution is 6.31. The molecule has 0 radical (unpaired) electrons. The topological polar surface area (TPSA) is 79.5 Å².